The van der Waals surface area contributed by atoms with E-state index in [1.807, 2.05) is 19.9 Å². The number of nitrogens with one attached hydrogen (secondary N) is 1. The van der Waals surface area contributed by atoms with Crippen LogP contribution in [-0.4, -0.2) is 16.9 Å². The van der Waals surface area contributed by atoms with Crippen LogP contribution >= 0.6 is 11.6 Å². The Labute approximate surface area is 105 Å². The molecule has 0 aliphatic carbocycles. The molecule has 0 unspecified atom stereocenters. The number of hydrogen-bond donors (Lipinski definition) is 1. The van der Waals surface area contributed by atoms with Gasteiger partial charge in [-0.05, 0) is 32.0 Å². The summed E-state index contributed by atoms with van der Waals surface area (Å²) in [5, 5.41) is 4.34. The molecule has 0 radical (unpaired) electrons. The quantitative estimate of drug-likeness (QED) is 0.888. The Morgan fingerprint density at radius 1 is 1.35 bits per heavy atom. The van der Waals surface area contributed by atoms with Gasteiger partial charge in [0.05, 0.1) is 10.5 Å². The van der Waals surface area contributed by atoms with Crippen LogP contribution in [0.15, 0.2) is 30.5 Å². The molecule has 88 valence electrons. The highest BCUT2D eigenvalue weighted by atomic mass is 35.5. The van der Waals surface area contributed by atoms with Gasteiger partial charge in [-0.15, -0.1) is 0 Å². The third-order valence-corrected chi connectivity index (χ3v) is 2.70. The van der Waals surface area contributed by atoms with Gasteiger partial charge in [0.25, 0.3) is 5.91 Å². The standard InChI is InChI=1S/C13H13ClN2O/c1-8(2)16-13(17)9-3-4-10-11(14)5-6-15-12(10)7-9/h3-8H,1-2H3,(H,16,17). The largest absolute Gasteiger partial charge is 0.350 e. The minimum Gasteiger partial charge on any atom is -0.350 e. The summed E-state index contributed by atoms with van der Waals surface area (Å²) in [6.07, 6.45) is 1.63. The zero-order valence-electron chi connectivity index (χ0n) is 9.70. The fourth-order valence-corrected chi connectivity index (χ4v) is 1.82. The van der Waals surface area contributed by atoms with Crippen molar-refractivity contribution in [3.8, 4) is 0 Å². The van der Waals surface area contributed by atoms with E-state index in [1.54, 1.807) is 24.4 Å². The number of benzene rings is 1. The van der Waals surface area contributed by atoms with Gasteiger partial charge in [-0.1, -0.05) is 17.7 Å². The van der Waals surface area contributed by atoms with Crippen molar-refractivity contribution in [2.75, 3.05) is 0 Å². The lowest BCUT2D eigenvalue weighted by molar-refractivity contribution is 0.0943. The van der Waals surface area contributed by atoms with E-state index >= 15 is 0 Å². The molecular formula is C13H13ClN2O. The van der Waals surface area contributed by atoms with E-state index in [0.717, 1.165) is 10.9 Å². The van der Waals surface area contributed by atoms with Crippen LogP contribution in [0.1, 0.15) is 24.2 Å². The van der Waals surface area contributed by atoms with Gasteiger partial charge >= 0.3 is 0 Å². The third-order valence-electron chi connectivity index (χ3n) is 2.37. The SMILES string of the molecule is CC(C)NC(=O)c1ccc2c(Cl)ccnc2c1. The molecule has 1 aromatic carbocycles. The van der Waals surface area contributed by atoms with E-state index in [0.29, 0.717) is 10.6 Å². The summed E-state index contributed by atoms with van der Waals surface area (Å²) in [5.74, 6) is -0.0938. The van der Waals surface area contributed by atoms with Gasteiger partial charge < -0.3 is 5.32 Å². The van der Waals surface area contributed by atoms with Gasteiger partial charge in [0, 0.05) is 23.2 Å². The summed E-state index contributed by atoms with van der Waals surface area (Å²) in [5.41, 5.74) is 1.33. The molecule has 1 heterocycles. The number of pyridine rings is 1. The number of rotatable bonds is 2. The topological polar surface area (TPSA) is 42.0 Å². The molecule has 0 aliphatic rings. The Morgan fingerprint density at radius 3 is 2.82 bits per heavy atom. The lowest BCUT2D eigenvalue weighted by atomic mass is 10.1. The Bertz CT molecular complexity index is 566. The highest BCUT2D eigenvalue weighted by Crippen LogP contribution is 2.22. The second kappa shape index (κ2) is 4.72. The van der Waals surface area contributed by atoms with E-state index in [1.165, 1.54) is 0 Å². The maximum atomic E-state index is 11.8. The molecule has 0 fully saturated rings. The molecule has 2 aromatic rings. The second-order valence-corrected chi connectivity index (χ2v) is 4.56. The zero-order chi connectivity index (χ0) is 12.4. The molecule has 0 spiro atoms. The first-order chi connectivity index (χ1) is 8.08. The van der Waals surface area contributed by atoms with Gasteiger partial charge in [0.15, 0.2) is 0 Å². The van der Waals surface area contributed by atoms with Crippen LogP contribution in [0.25, 0.3) is 10.9 Å². The number of halogens is 1. The molecule has 1 N–H and O–H groups in total. The van der Waals surface area contributed by atoms with E-state index in [4.69, 9.17) is 11.6 Å². The predicted octanol–water partition coefficient (Wildman–Crippen LogP) is 3.03. The molecule has 0 saturated carbocycles. The van der Waals surface area contributed by atoms with Gasteiger partial charge in [0.1, 0.15) is 0 Å². The summed E-state index contributed by atoms with van der Waals surface area (Å²) in [6, 6.07) is 7.18. The van der Waals surface area contributed by atoms with E-state index in [-0.39, 0.29) is 11.9 Å². The molecule has 0 saturated heterocycles. The molecule has 3 nitrogen and oxygen atoms in total. The Balaban J connectivity index is 2.42. The van der Waals surface area contributed by atoms with Crippen molar-refractivity contribution in [2.24, 2.45) is 0 Å². The van der Waals surface area contributed by atoms with Gasteiger partial charge in [-0.2, -0.15) is 0 Å². The summed E-state index contributed by atoms with van der Waals surface area (Å²) in [6.45, 7) is 3.85. The van der Waals surface area contributed by atoms with Crippen LogP contribution in [-0.2, 0) is 0 Å². The van der Waals surface area contributed by atoms with E-state index < -0.39 is 0 Å². The average molecular weight is 249 g/mol. The zero-order valence-corrected chi connectivity index (χ0v) is 10.5. The first-order valence-electron chi connectivity index (χ1n) is 5.43. The van der Waals surface area contributed by atoms with Crippen LogP contribution in [0.5, 0.6) is 0 Å². The smallest absolute Gasteiger partial charge is 0.251 e. The van der Waals surface area contributed by atoms with Crippen molar-refractivity contribution in [3.05, 3.63) is 41.0 Å². The Morgan fingerprint density at radius 2 is 2.12 bits per heavy atom. The molecule has 0 atom stereocenters. The van der Waals surface area contributed by atoms with Crippen molar-refractivity contribution in [2.45, 2.75) is 19.9 Å². The Hall–Kier alpha value is -1.61. The number of hydrogen-bond acceptors (Lipinski definition) is 2. The van der Waals surface area contributed by atoms with Gasteiger partial charge in [-0.3, -0.25) is 9.78 Å². The maximum Gasteiger partial charge on any atom is 0.251 e. The number of carbonyl (C=O) groups excluding carboxylic acids is 1. The summed E-state index contributed by atoms with van der Waals surface area (Å²) in [7, 11) is 0. The van der Waals surface area contributed by atoms with Crippen LogP contribution in [0.2, 0.25) is 5.02 Å². The number of aromatic nitrogens is 1. The van der Waals surface area contributed by atoms with E-state index in [2.05, 4.69) is 10.3 Å². The van der Waals surface area contributed by atoms with Crippen molar-refractivity contribution >= 4 is 28.4 Å². The first kappa shape index (κ1) is 11.9. The maximum absolute atomic E-state index is 11.8. The fourth-order valence-electron chi connectivity index (χ4n) is 1.60. The first-order valence-corrected chi connectivity index (χ1v) is 5.81. The van der Waals surface area contributed by atoms with Crippen LogP contribution in [0.4, 0.5) is 0 Å². The number of fused-ring (bicyclic) bond motifs is 1. The third kappa shape index (κ3) is 2.56. The predicted molar refractivity (Wildman–Crippen MR) is 69.4 cm³/mol. The molecule has 2 rings (SSSR count). The molecule has 17 heavy (non-hydrogen) atoms. The van der Waals surface area contributed by atoms with Crippen molar-refractivity contribution in [1.82, 2.24) is 10.3 Å². The molecule has 0 aliphatic heterocycles. The van der Waals surface area contributed by atoms with Gasteiger partial charge in [-0.25, -0.2) is 0 Å². The Kier molecular flexibility index (Phi) is 3.29. The minimum atomic E-state index is -0.0938. The van der Waals surface area contributed by atoms with Gasteiger partial charge in [0.2, 0.25) is 0 Å². The molecule has 1 amide bonds. The number of amides is 1. The lowest BCUT2D eigenvalue weighted by Crippen LogP contribution is -2.29. The van der Waals surface area contributed by atoms with Crippen molar-refractivity contribution in [3.63, 3.8) is 0 Å². The van der Waals surface area contributed by atoms with Crippen LogP contribution in [0, 0.1) is 0 Å². The second-order valence-electron chi connectivity index (χ2n) is 4.15. The minimum absolute atomic E-state index is 0.0938. The van der Waals surface area contributed by atoms with E-state index in [9.17, 15) is 4.79 Å². The molecule has 1 aromatic heterocycles. The van der Waals surface area contributed by atoms with Crippen LogP contribution < -0.4 is 5.32 Å². The molecule has 4 heteroatoms. The number of carbonyl (C=O) groups is 1. The van der Waals surface area contributed by atoms with Crippen molar-refractivity contribution in [1.29, 1.82) is 0 Å². The molecule has 0 bridgehead atoms. The number of nitrogens with zero attached hydrogens (tertiary/aromatic N) is 1. The summed E-state index contributed by atoms with van der Waals surface area (Å²) < 4.78 is 0. The fraction of sp³-hybridized carbons (Fsp3) is 0.231. The lowest BCUT2D eigenvalue weighted by Gasteiger charge is -2.08. The summed E-state index contributed by atoms with van der Waals surface area (Å²) in [4.78, 5) is 16.0. The molecular weight excluding hydrogens is 236 g/mol. The summed E-state index contributed by atoms with van der Waals surface area (Å²) >= 11 is 6.03. The monoisotopic (exact) mass is 248 g/mol. The van der Waals surface area contributed by atoms with Crippen molar-refractivity contribution < 1.29 is 4.79 Å². The average Bonchev–Trinajstić information content (AvgIpc) is 2.28. The highest BCUT2D eigenvalue weighted by molar-refractivity contribution is 6.35. The van der Waals surface area contributed by atoms with Crippen LogP contribution in [0.3, 0.4) is 0 Å². The normalized spacial score (nSPS) is 10.8. The highest BCUT2D eigenvalue weighted by Gasteiger charge is 2.08.